The summed E-state index contributed by atoms with van der Waals surface area (Å²) in [5, 5.41) is 9.27. The molecule has 3 fully saturated rings. The van der Waals surface area contributed by atoms with Crippen LogP contribution in [0.25, 0.3) is 0 Å². The lowest BCUT2D eigenvalue weighted by molar-refractivity contribution is -0.137. The SMILES string of the molecule is O=C1CCC(N2Cc3cc(C4CC5CCC(C4)N5Cc4ccccc4)ccc3C2=O)C(=O)N1.O=CO. The van der Waals surface area contributed by atoms with Crippen molar-refractivity contribution < 1.29 is 24.3 Å². The lowest BCUT2D eigenvalue weighted by Crippen LogP contribution is -2.52. The fourth-order valence-electron chi connectivity index (χ4n) is 6.45. The predicted molar refractivity (Wildman–Crippen MR) is 132 cm³/mol. The average molecular weight is 490 g/mol. The summed E-state index contributed by atoms with van der Waals surface area (Å²) in [7, 11) is 0. The molecule has 188 valence electrons. The molecule has 2 bridgehead atoms. The molecule has 0 saturated carbocycles. The molecule has 2 aromatic rings. The van der Waals surface area contributed by atoms with Crippen molar-refractivity contribution in [2.45, 2.75) is 75.7 Å². The lowest BCUT2D eigenvalue weighted by atomic mass is 9.84. The second-order valence-electron chi connectivity index (χ2n) is 10.1. The molecule has 3 atom stereocenters. The molecule has 8 nitrogen and oxygen atoms in total. The first-order valence-electron chi connectivity index (χ1n) is 12.6. The van der Waals surface area contributed by atoms with Crippen LogP contribution in [0.15, 0.2) is 48.5 Å². The number of imide groups is 1. The third-order valence-corrected chi connectivity index (χ3v) is 8.11. The minimum atomic E-state index is -0.553. The van der Waals surface area contributed by atoms with E-state index in [4.69, 9.17) is 9.90 Å². The largest absolute Gasteiger partial charge is 0.483 e. The van der Waals surface area contributed by atoms with E-state index in [1.807, 2.05) is 6.07 Å². The van der Waals surface area contributed by atoms with E-state index in [-0.39, 0.29) is 30.6 Å². The number of hydrogen-bond acceptors (Lipinski definition) is 5. The van der Waals surface area contributed by atoms with Crippen molar-refractivity contribution in [3.8, 4) is 0 Å². The van der Waals surface area contributed by atoms with Crippen LogP contribution in [0.4, 0.5) is 0 Å². The Labute approximate surface area is 210 Å². The molecule has 6 rings (SSSR count). The predicted octanol–water partition coefficient (Wildman–Crippen LogP) is 3.06. The maximum absolute atomic E-state index is 13.0. The van der Waals surface area contributed by atoms with Crippen molar-refractivity contribution in [2.24, 2.45) is 0 Å². The number of rotatable bonds is 4. The summed E-state index contributed by atoms with van der Waals surface area (Å²) in [5.41, 5.74) is 4.43. The molecule has 8 heteroatoms. The standard InChI is InChI=1S/C27H29N3O3.CH2O2/c31-25-11-10-24(26(32)28-25)30-16-20-12-18(6-9-23(20)27(30)33)19-13-21-7-8-22(14-19)29(21)15-17-4-2-1-3-5-17;2-1-3/h1-6,9,12,19,21-22,24H,7-8,10-11,13-16H2,(H,28,31,32);1H,(H,2,3). The molecule has 2 aromatic carbocycles. The first-order valence-corrected chi connectivity index (χ1v) is 12.6. The van der Waals surface area contributed by atoms with Crippen LogP contribution in [0.3, 0.4) is 0 Å². The minimum Gasteiger partial charge on any atom is -0.483 e. The van der Waals surface area contributed by atoms with Crippen LogP contribution < -0.4 is 5.32 Å². The molecule has 4 aliphatic heterocycles. The van der Waals surface area contributed by atoms with Gasteiger partial charge in [0.25, 0.3) is 12.4 Å². The van der Waals surface area contributed by atoms with Crippen molar-refractivity contribution in [2.75, 3.05) is 0 Å². The zero-order valence-electron chi connectivity index (χ0n) is 20.1. The van der Waals surface area contributed by atoms with E-state index in [2.05, 4.69) is 52.7 Å². The van der Waals surface area contributed by atoms with Gasteiger partial charge in [-0.2, -0.15) is 0 Å². The monoisotopic (exact) mass is 489 g/mol. The van der Waals surface area contributed by atoms with Gasteiger partial charge in [0.05, 0.1) is 0 Å². The Balaban J connectivity index is 0.000000848. The number of piperidine rings is 2. The summed E-state index contributed by atoms with van der Waals surface area (Å²) < 4.78 is 0. The van der Waals surface area contributed by atoms with Crippen LogP contribution in [0.2, 0.25) is 0 Å². The second kappa shape index (κ2) is 10.2. The van der Waals surface area contributed by atoms with Gasteiger partial charge >= 0.3 is 0 Å². The van der Waals surface area contributed by atoms with Gasteiger partial charge in [0.15, 0.2) is 0 Å². The van der Waals surface area contributed by atoms with E-state index in [1.165, 1.54) is 24.0 Å². The van der Waals surface area contributed by atoms with E-state index in [9.17, 15) is 14.4 Å². The van der Waals surface area contributed by atoms with Crippen molar-refractivity contribution in [1.29, 1.82) is 0 Å². The summed E-state index contributed by atoms with van der Waals surface area (Å²) >= 11 is 0. The zero-order valence-corrected chi connectivity index (χ0v) is 20.1. The van der Waals surface area contributed by atoms with Crippen molar-refractivity contribution in [1.82, 2.24) is 15.1 Å². The Morgan fingerprint density at radius 3 is 2.33 bits per heavy atom. The molecule has 0 spiro atoms. The minimum absolute atomic E-state index is 0.0937. The number of carboxylic acid groups (broad SMARTS) is 1. The number of hydrogen-bond donors (Lipinski definition) is 2. The van der Waals surface area contributed by atoms with Gasteiger partial charge in [-0.1, -0.05) is 42.5 Å². The van der Waals surface area contributed by atoms with Gasteiger partial charge in [-0.3, -0.25) is 29.4 Å². The summed E-state index contributed by atoms with van der Waals surface area (Å²) in [5.74, 6) is -0.186. The maximum atomic E-state index is 13.0. The number of amides is 3. The molecule has 4 aliphatic rings. The molecule has 2 N–H and O–H groups in total. The quantitative estimate of drug-likeness (QED) is 0.505. The molecule has 3 unspecified atom stereocenters. The highest BCUT2D eigenvalue weighted by Gasteiger charge is 2.42. The highest BCUT2D eigenvalue weighted by molar-refractivity contribution is 6.05. The van der Waals surface area contributed by atoms with Crippen molar-refractivity contribution in [3.05, 3.63) is 70.8 Å². The molecular formula is C28H31N3O5. The smallest absolute Gasteiger partial charge is 0.290 e. The summed E-state index contributed by atoms with van der Waals surface area (Å²) in [6.45, 7) is 1.23. The van der Waals surface area contributed by atoms with Crippen molar-refractivity contribution >= 4 is 24.2 Å². The Morgan fingerprint density at radius 1 is 0.972 bits per heavy atom. The molecule has 3 saturated heterocycles. The lowest BCUT2D eigenvalue weighted by Gasteiger charge is -2.39. The number of benzene rings is 2. The molecule has 36 heavy (non-hydrogen) atoms. The number of nitrogens with one attached hydrogen (secondary N) is 1. The van der Waals surface area contributed by atoms with Gasteiger partial charge in [0.2, 0.25) is 11.8 Å². The average Bonchev–Trinajstić information content (AvgIpc) is 3.30. The van der Waals surface area contributed by atoms with Gasteiger partial charge in [0, 0.05) is 37.2 Å². The highest BCUT2D eigenvalue weighted by Crippen LogP contribution is 2.44. The Kier molecular flexibility index (Phi) is 6.87. The van der Waals surface area contributed by atoms with Crippen LogP contribution in [-0.2, 0) is 27.5 Å². The Bertz CT molecular complexity index is 1150. The van der Waals surface area contributed by atoms with E-state index in [0.717, 1.165) is 24.9 Å². The first kappa shape index (κ1) is 24.2. The van der Waals surface area contributed by atoms with Crippen LogP contribution in [-0.4, -0.2) is 57.2 Å². The summed E-state index contributed by atoms with van der Waals surface area (Å²) in [6, 6.07) is 17.7. The third-order valence-electron chi connectivity index (χ3n) is 8.11. The molecule has 0 aromatic heterocycles. The van der Waals surface area contributed by atoms with Crippen LogP contribution >= 0.6 is 0 Å². The second-order valence-corrected chi connectivity index (χ2v) is 10.1. The fraction of sp³-hybridized carbons (Fsp3) is 0.429. The number of carbonyl (C=O) groups excluding carboxylic acids is 3. The van der Waals surface area contributed by atoms with Gasteiger partial charge in [-0.05, 0) is 60.8 Å². The number of nitrogens with zero attached hydrogens (tertiary/aromatic N) is 2. The van der Waals surface area contributed by atoms with E-state index in [1.54, 1.807) is 4.90 Å². The van der Waals surface area contributed by atoms with E-state index in [0.29, 0.717) is 36.5 Å². The normalized spacial score (nSPS) is 27.2. The molecule has 0 aliphatic carbocycles. The van der Waals surface area contributed by atoms with Crippen LogP contribution in [0, 0.1) is 0 Å². The molecule has 4 heterocycles. The van der Waals surface area contributed by atoms with E-state index < -0.39 is 6.04 Å². The zero-order chi connectivity index (χ0) is 25.2. The molecular weight excluding hydrogens is 458 g/mol. The summed E-state index contributed by atoms with van der Waals surface area (Å²) in [4.78, 5) is 49.5. The number of fused-ring (bicyclic) bond motifs is 3. The van der Waals surface area contributed by atoms with Gasteiger partial charge < -0.3 is 10.0 Å². The topological polar surface area (TPSA) is 107 Å². The third kappa shape index (κ3) is 4.65. The van der Waals surface area contributed by atoms with Gasteiger partial charge in [-0.25, -0.2) is 0 Å². The Morgan fingerprint density at radius 2 is 1.67 bits per heavy atom. The van der Waals surface area contributed by atoms with Crippen LogP contribution in [0.5, 0.6) is 0 Å². The van der Waals surface area contributed by atoms with Crippen molar-refractivity contribution in [3.63, 3.8) is 0 Å². The molecule has 3 amide bonds. The maximum Gasteiger partial charge on any atom is 0.290 e. The first-order chi connectivity index (χ1) is 17.5. The van der Waals surface area contributed by atoms with Gasteiger partial charge in [-0.15, -0.1) is 0 Å². The molecule has 0 radical (unpaired) electrons. The van der Waals surface area contributed by atoms with Gasteiger partial charge in [0.1, 0.15) is 6.04 Å². The highest BCUT2D eigenvalue weighted by atomic mass is 16.3. The Hall–Kier alpha value is -3.52. The summed E-state index contributed by atoms with van der Waals surface area (Å²) in [6.07, 6.45) is 5.54. The number of carbonyl (C=O) groups is 4. The van der Waals surface area contributed by atoms with Crippen LogP contribution in [0.1, 0.15) is 71.5 Å². The fourth-order valence-corrected chi connectivity index (χ4v) is 6.45. The van der Waals surface area contributed by atoms with E-state index >= 15 is 0 Å².